The van der Waals surface area contributed by atoms with Crippen molar-refractivity contribution < 1.29 is 9.47 Å². The highest BCUT2D eigenvalue weighted by atomic mass is 16.5. The summed E-state index contributed by atoms with van der Waals surface area (Å²) in [7, 11) is 0. The SMILES string of the molecule is C1C2CC3OC4C5CCC(OC1C35)C24. The fraction of sp³-hybridized carbons (Fsp3) is 1.00. The molecular weight excluding hydrogens is 176 g/mol. The van der Waals surface area contributed by atoms with E-state index < -0.39 is 0 Å². The summed E-state index contributed by atoms with van der Waals surface area (Å²) in [6, 6.07) is 0. The Hall–Kier alpha value is -0.0800. The maximum absolute atomic E-state index is 6.26. The Morgan fingerprint density at radius 2 is 1.64 bits per heavy atom. The van der Waals surface area contributed by atoms with E-state index in [-0.39, 0.29) is 0 Å². The van der Waals surface area contributed by atoms with Crippen LogP contribution in [0, 0.1) is 23.7 Å². The topological polar surface area (TPSA) is 18.5 Å². The molecule has 2 nitrogen and oxygen atoms in total. The Bertz CT molecular complexity index is 295. The van der Waals surface area contributed by atoms with Crippen LogP contribution in [0.3, 0.4) is 0 Å². The molecule has 2 heteroatoms. The normalized spacial score (nSPS) is 72.0. The second-order valence-corrected chi connectivity index (χ2v) is 5.98. The fourth-order valence-corrected chi connectivity index (χ4v) is 5.38. The summed E-state index contributed by atoms with van der Waals surface area (Å²) in [4.78, 5) is 0. The van der Waals surface area contributed by atoms with E-state index in [0.717, 1.165) is 23.7 Å². The van der Waals surface area contributed by atoms with Crippen LogP contribution in [0.5, 0.6) is 0 Å². The summed E-state index contributed by atoms with van der Waals surface area (Å²) in [5, 5.41) is 0. The fourth-order valence-electron chi connectivity index (χ4n) is 5.38. The summed E-state index contributed by atoms with van der Waals surface area (Å²) in [6.07, 6.45) is 7.78. The Balaban J connectivity index is 1.78. The minimum atomic E-state index is 0.575. The van der Waals surface area contributed by atoms with Gasteiger partial charge in [0.15, 0.2) is 0 Å². The van der Waals surface area contributed by atoms with Crippen LogP contribution >= 0.6 is 0 Å². The van der Waals surface area contributed by atoms with E-state index in [2.05, 4.69) is 0 Å². The molecule has 0 N–H and O–H groups in total. The molecule has 4 bridgehead atoms. The van der Waals surface area contributed by atoms with Gasteiger partial charge in [0, 0.05) is 11.8 Å². The van der Waals surface area contributed by atoms with Crippen molar-refractivity contribution in [3.8, 4) is 0 Å². The summed E-state index contributed by atoms with van der Waals surface area (Å²) in [6.45, 7) is 0. The first kappa shape index (κ1) is 7.24. The van der Waals surface area contributed by atoms with Crippen molar-refractivity contribution >= 4 is 0 Å². The first-order valence-electron chi connectivity index (χ1n) is 6.23. The molecule has 0 radical (unpaired) electrons. The Kier molecular flexibility index (Phi) is 1.06. The van der Waals surface area contributed by atoms with Gasteiger partial charge in [-0.3, -0.25) is 0 Å². The first-order valence-corrected chi connectivity index (χ1v) is 6.23. The molecule has 2 aliphatic carbocycles. The first-order chi connectivity index (χ1) is 6.92. The third-order valence-electron chi connectivity index (χ3n) is 5.66. The highest BCUT2D eigenvalue weighted by Crippen LogP contribution is 2.63. The molecular formula is C12H16O2. The monoisotopic (exact) mass is 192 g/mol. The average Bonchev–Trinajstić information content (AvgIpc) is 2.29. The molecule has 0 spiro atoms. The lowest BCUT2D eigenvalue weighted by atomic mass is 9.70. The number of hydrogen-bond donors (Lipinski definition) is 0. The molecule has 3 aliphatic heterocycles. The zero-order valence-corrected chi connectivity index (χ0v) is 8.26. The lowest BCUT2D eigenvalue weighted by molar-refractivity contribution is -0.222. The van der Waals surface area contributed by atoms with Crippen molar-refractivity contribution in [1.29, 1.82) is 0 Å². The van der Waals surface area contributed by atoms with Crippen molar-refractivity contribution in [3.63, 3.8) is 0 Å². The number of ether oxygens (including phenoxy) is 2. The molecule has 0 aromatic rings. The zero-order valence-electron chi connectivity index (χ0n) is 8.26. The Morgan fingerprint density at radius 3 is 2.57 bits per heavy atom. The highest BCUT2D eigenvalue weighted by Gasteiger charge is 2.66. The van der Waals surface area contributed by atoms with Gasteiger partial charge in [0.05, 0.1) is 24.4 Å². The smallest absolute Gasteiger partial charge is 0.0667 e. The average molecular weight is 192 g/mol. The van der Waals surface area contributed by atoms with E-state index in [0.29, 0.717) is 24.4 Å². The largest absolute Gasteiger partial charge is 0.374 e. The maximum atomic E-state index is 6.26. The van der Waals surface area contributed by atoms with E-state index >= 15 is 0 Å². The molecule has 8 unspecified atom stereocenters. The minimum absolute atomic E-state index is 0.575. The summed E-state index contributed by atoms with van der Waals surface area (Å²) < 4.78 is 12.5. The van der Waals surface area contributed by atoms with E-state index in [1.54, 1.807) is 0 Å². The van der Waals surface area contributed by atoms with Gasteiger partial charge < -0.3 is 9.47 Å². The molecule has 76 valence electrons. The van der Waals surface area contributed by atoms with Gasteiger partial charge in [-0.1, -0.05) is 0 Å². The standard InChI is InChI=1S/C12H16O2/c1-2-7-10-5-3-8(13-7)11-6(1)12(10)14-9(11)4-5/h5-12H,1-4H2. The molecule has 5 aliphatic rings. The van der Waals surface area contributed by atoms with Gasteiger partial charge in [-0.15, -0.1) is 0 Å². The van der Waals surface area contributed by atoms with Crippen molar-refractivity contribution in [3.05, 3.63) is 0 Å². The van der Waals surface area contributed by atoms with Crippen LogP contribution in [0.2, 0.25) is 0 Å². The number of fused-ring (bicyclic) bond motifs is 3. The maximum Gasteiger partial charge on any atom is 0.0667 e. The molecule has 3 saturated heterocycles. The molecule has 0 aromatic carbocycles. The Labute approximate surface area is 84.0 Å². The summed E-state index contributed by atoms with van der Waals surface area (Å²) in [5.74, 6) is 3.41. The number of rotatable bonds is 0. The quantitative estimate of drug-likeness (QED) is 0.580. The molecule has 2 saturated carbocycles. The van der Waals surface area contributed by atoms with Gasteiger partial charge in [0.25, 0.3) is 0 Å². The van der Waals surface area contributed by atoms with Gasteiger partial charge >= 0.3 is 0 Å². The van der Waals surface area contributed by atoms with E-state index in [1.807, 2.05) is 0 Å². The molecule has 5 fully saturated rings. The van der Waals surface area contributed by atoms with Gasteiger partial charge in [-0.2, -0.15) is 0 Å². The van der Waals surface area contributed by atoms with Gasteiger partial charge in [0.1, 0.15) is 0 Å². The van der Waals surface area contributed by atoms with Crippen LogP contribution in [0.1, 0.15) is 25.7 Å². The third kappa shape index (κ3) is 0.594. The molecule has 8 atom stereocenters. The molecule has 0 aromatic heterocycles. The second-order valence-electron chi connectivity index (χ2n) is 5.98. The van der Waals surface area contributed by atoms with Crippen molar-refractivity contribution in [1.82, 2.24) is 0 Å². The molecule has 0 amide bonds. The summed E-state index contributed by atoms with van der Waals surface area (Å²) in [5.41, 5.74) is 0. The predicted octanol–water partition coefficient (Wildman–Crippen LogP) is 1.59. The van der Waals surface area contributed by atoms with E-state index in [1.165, 1.54) is 25.7 Å². The summed E-state index contributed by atoms with van der Waals surface area (Å²) >= 11 is 0. The molecule has 3 heterocycles. The van der Waals surface area contributed by atoms with Crippen LogP contribution in [0.4, 0.5) is 0 Å². The molecule has 14 heavy (non-hydrogen) atoms. The van der Waals surface area contributed by atoms with E-state index in [4.69, 9.17) is 9.47 Å². The van der Waals surface area contributed by atoms with E-state index in [9.17, 15) is 0 Å². The minimum Gasteiger partial charge on any atom is -0.374 e. The second kappa shape index (κ2) is 2.05. The van der Waals surface area contributed by atoms with Crippen LogP contribution in [-0.4, -0.2) is 24.4 Å². The highest BCUT2D eigenvalue weighted by molar-refractivity contribution is 5.14. The van der Waals surface area contributed by atoms with Crippen molar-refractivity contribution in [2.45, 2.75) is 50.1 Å². The van der Waals surface area contributed by atoms with Crippen molar-refractivity contribution in [2.24, 2.45) is 23.7 Å². The Morgan fingerprint density at radius 1 is 0.786 bits per heavy atom. The van der Waals surface area contributed by atoms with Crippen LogP contribution in [0.15, 0.2) is 0 Å². The lowest BCUT2D eigenvalue weighted by Crippen LogP contribution is -2.54. The lowest BCUT2D eigenvalue weighted by Gasteiger charge is -2.51. The molecule has 5 rings (SSSR count). The van der Waals surface area contributed by atoms with Crippen molar-refractivity contribution in [2.75, 3.05) is 0 Å². The predicted molar refractivity (Wildman–Crippen MR) is 49.8 cm³/mol. The van der Waals surface area contributed by atoms with Gasteiger partial charge in [-0.25, -0.2) is 0 Å². The number of hydrogen-bond acceptors (Lipinski definition) is 2. The van der Waals surface area contributed by atoms with Gasteiger partial charge in [0.2, 0.25) is 0 Å². The van der Waals surface area contributed by atoms with Gasteiger partial charge in [-0.05, 0) is 37.5 Å². The third-order valence-corrected chi connectivity index (χ3v) is 5.66. The van der Waals surface area contributed by atoms with Crippen LogP contribution < -0.4 is 0 Å². The van der Waals surface area contributed by atoms with Crippen LogP contribution in [-0.2, 0) is 9.47 Å². The zero-order chi connectivity index (χ0) is 8.86. The van der Waals surface area contributed by atoms with Crippen LogP contribution in [0.25, 0.3) is 0 Å².